The van der Waals surface area contributed by atoms with Crippen LogP contribution in [0.15, 0.2) is 42.5 Å². The summed E-state index contributed by atoms with van der Waals surface area (Å²) in [5.74, 6) is 1.18. The Morgan fingerprint density at radius 1 is 1.00 bits per heavy atom. The van der Waals surface area contributed by atoms with E-state index in [1.54, 1.807) is 39.5 Å². The van der Waals surface area contributed by atoms with Gasteiger partial charge in [0.1, 0.15) is 17.2 Å². The molecule has 0 saturated carbocycles. The molecular formula is C24H30N2O5. The van der Waals surface area contributed by atoms with Crippen molar-refractivity contribution in [3.8, 4) is 17.2 Å². The number of amides is 2. The van der Waals surface area contributed by atoms with E-state index < -0.39 is 5.92 Å². The van der Waals surface area contributed by atoms with Crippen molar-refractivity contribution in [2.45, 2.75) is 32.2 Å². The molecule has 0 spiro atoms. The molecule has 0 radical (unpaired) electrons. The van der Waals surface area contributed by atoms with Gasteiger partial charge < -0.3 is 24.4 Å². The molecule has 1 N–H and O–H groups in total. The van der Waals surface area contributed by atoms with Crippen molar-refractivity contribution in [3.63, 3.8) is 0 Å². The number of ether oxygens (including phenoxy) is 3. The number of hydrogen-bond acceptors (Lipinski definition) is 5. The van der Waals surface area contributed by atoms with Crippen molar-refractivity contribution in [3.05, 3.63) is 48.0 Å². The average Bonchev–Trinajstić information content (AvgIpc) is 3.13. The second kappa shape index (κ2) is 10.2. The fraction of sp³-hybridized carbons (Fsp3) is 0.417. The number of likely N-dealkylation sites (tertiary alicyclic amines) is 1. The Hall–Kier alpha value is -3.22. The first kappa shape index (κ1) is 22.5. The lowest BCUT2D eigenvalue weighted by atomic mass is 9.92. The molecule has 0 bridgehead atoms. The van der Waals surface area contributed by atoms with Gasteiger partial charge in [0.05, 0.1) is 33.3 Å². The van der Waals surface area contributed by atoms with Crippen LogP contribution in [-0.4, -0.2) is 44.6 Å². The lowest BCUT2D eigenvalue weighted by molar-refractivity contribution is -0.129. The van der Waals surface area contributed by atoms with Crippen LogP contribution in [0.1, 0.15) is 37.8 Å². The van der Waals surface area contributed by atoms with Crippen LogP contribution in [0.3, 0.4) is 0 Å². The van der Waals surface area contributed by atoms with Gasteiger partial charge in [-0.3, -0.25) is 9.59 Å². The van der Waals surface area contributed by atoms with Crippen LogP contribution in [0, 0.1) is 5.92 Å². The number of unbranched alkanes of at least 4 members (excludes halogenated alkanes) is 1. The first-order chi connectivity index (χ1) is 15.0. The number of anilines is 1. The Kier molecular flexibility index (Phi) is 7.39. The number of benzene rings is 2. The molecule has 1 heterocycles. The maximum Gasteiger partial charge on any atom is 0.230 e. The van der Waals surface area contributed by atoms with Gasteiger partial charge in [0.2, 0.25) is 11.8 Å². The summed E-state index contributed by atoms with van der Waals surface area (Å²) in [6, 6.07) is 12.4. The highest BCUT2D eigenvalue weighted by Crippen LogP contribution is 2.40. The molecular weight excluding hydrogens is 396 g/mol. The molecule has 1 aliphatic heterocycles. The van der Waals surface area contributed by atoms with Crippen molar-refractivity contribution in [2.24, 2.45) is 5.92 Å². The summed E-state index contributed by atoms with van der Waals surface area (Å²) in [7, 11) is 4.73. The van der Waals surface area contributed by atoms with Crippen LogP contribution < -0.4 is 19.5 Å². The Morgan fingerprint density at radius 2 is 1.61 bits per heavy atom. The number of nitrogens with zero attached hydrogens (tertiary/aromatic N) is 1. The quantitative estimate of drug-likeness (QED) is 0.655. The molecule has 1 fully saturated rings. The molecule has 1 saturated heterocycles. The third-order valence-electron chi connectivity index (χ3n) is 5.60. The summed E-state index contributed by atoms with van der Waals surface area (Å²) in [4.78, 5) is 28.0. The zero-order valence-electron chi connectivity index (χ0n) is 18.5. The minimum atomic E-state index is -0.505. The number of hydrogen-bond donors (Lipinski definition) is 1. The Morgan fingerprint density at radius 3 is 2.16 bits per heavy atom. The van der Waals surface area contributed by atoms with E-state index in [-0.39, 0.29) is 24.3 Å². The van der Waals surface area contributed by atoms with Crippen LogP contribution in [0.2, 0.25) is 0 Å². The molecule has 1 aliphatic rings. The van der Waals surface area contributed by atoms with Crippen molar-refractivity contribution in [1.82, 2.24) is 4.90 Å². The highest BCUT2D eigenvalue weighted by atomic mass is 16.5. The lowest BCUT2D eigenvalue weighted by Crippen LogP contribution is -2.33. The molecule has 2 aromatic rings. The Balaban J connectivity index is 1.89. The molecule has 0 aromatic heterocycles. The van der Waals surface area contributed by atoms with Crippen LogP contribution in [-0.2, 0) is 9.59 Å². The van der Waals surface area contributed by atoms with Gasteiger partial charge in [0.25, 0.3) is 0 Å². The summed E-state index contributed by atoms with van der Waals surface area (Å²) in [5.41, 5.74) is 1.49. The first-order valence-corrected chi connectivity index (χ1v) is 10.5. The topological polar surface area (TPSA) is 77.1 Å². The van der Waals surface area contributed by atoms with E-state index in [0.717, 1.165) is 24.2 Å². The van der Waals surface area contributed by atoms with Gasteiger partial charge in [-0.1, -0.05) is 25.5 Å². The SMILES string of the molecule is CCCCN1C(=O)CC(C(=O)Nc2cc(OC)cc(OC)c2)C1c1ccc(OC)cc1. The number of carbonyl (C=O) groups excluding carboxylic acids is 2. The van der Waals surface area contributed by atoms with E-state index in [0.29, 0.717) is 23.7 Å². The minimum Gasteiger partial charge on any atom is -0.497 e. The Bertz CT molecular complexity index is 890. The number of carbonyl (C=O) groups is 2. The standard InChI is InChI=1S/C24H30N2O5/c1-5-6-11-26-22(27)15-21(23(26)16-7-9-18(29-2)10-8-16)24(28)25-17-12-19(30-3)14-20(13-17)31-4/h7-10,12-14,21,23H,5-6,11,15H2,1-4H3,(H,25,28). The third-order valence-corrected chi connectivity index (χ3v) is 5.60. The van der Waals surface area contributed by atoms with E-state index in [1.807, 2.05) is 29.2 Å². The molecule has 31 heavy (non-hydrogen) atoms. The van der Waals surface area contributed by atoms with E-state index in [1.165, 1.54) is 0 Å². The fourth-order valence-electron chi connectivity index (χ4n) is 3.95. The monoisotopic (exact) mass is 426 g/mol. The van der Waals surface area contributed by atoms with Crippen molar-refractivity contribution < 1.29 is 23.8 Å². The third kappa shape index (κ3) is 5.10. The first-order valence-electron chi connectivity index (χ1n) is 10.5. The van der Waals surface area contributed by atoms with Crippen LogP contribution in [0.25, 0.3) is 0 Å². The van der Waals surface area contributed by atoms with Gasteiger partial charge in [-0.05, 0) is 24.1 Å². The van der Waals surface area contributed by atoms with Gasteiger partial charge in [-0.25, -0.2) is 0 Å². The molecule has 166 valence electrons. The molecule has 7 nitrogen and oxygen atoms in total. The zero-order valence-corrected chi connectivity index (χ0v) is 18.5. The molecule has 2 amide bonds. The minimum absolute atomic E-state index is 0.00218. The molecule has 2 atom stereocenters. The molecule has 2 unspecified atom stereocenters. The predicted octanol–water partition coefficient (Wildman–Crippen LogP) is 4.04. The Labute approximate surface area is 183 Å². The molecule has 0 aliphatic carbocycles. The van der Waals surface area contributed by atoms with Gasteiger partial charge in [0, 0.05) is 36.9 Å². The maximum absolute atomic E-state index is 13.3. The summed E-state index contributed by atoms with van der Waals surface area (Å²) >= 11 is 0. The number of rotatable bonds is 9. The maximum atomic E-state index is 13.3. The highest BCUT2D eigenvalue weighted by Gasteiger charge is 2.44. The second-order valence-corrected chi connectivity index (χ2v) is 7.56. The highest BCUT2D eigenvalue weighted by molar-refractivity contribution is 5.98. The molecule has 7 heteroatoms. The average molecular weight is 427 g/mol. The zero-order chi connectivity index (χ0) is 22.4. The second-order valence-electron chi connectivity index (χ2n) is 7.56. The molecule has 2 aromatic carbocycles. The summed E-state index contributed by atoms with van der Waals surface area (Å²) < 4.78 is 15.8. The summed E-state index contributed by atoms with van der Waals surface area (Å²) in [6.45, 7) is 2.71. The van der Waals surface area contributed by atoms with Gasteiger partial charge in [0.15, 0.2) is 0 Å². The lowest BCUT2D eigenvalue weighted by Gasteiger charge is -2.28. The van der Waals surface area contributed by atoms with Crippen molar-refractivity contribution in [1.29, 1.82) is 0 Å². The van der Waals surface area contributed by atoms with Crippen molar-refractivity contribution in [2.75, 3.05) is 33.2 Å². The van der Waals surface area contributed by atoms with Gasteiger partial charge in [-0.2, -0.15) is 0 Å². The fourth-order valence-corrected chi connectivity index (χ4v) is 3.95. The smallest absolute Gasteiger partial charge is 0.230 e. The molecule has 3 rings (SSSR count). The summed E-state index contributed by atoms with van der Waals surface area (Å²) in [5, 5.41) is 2.95. The van der Waals surface area contributed by atoms with Gasteiger partial charge in [-0.15, -0.1) is 0 Å². The van der Waals surface area contributed by atoms with Crippen LogP contribution in [0.4, 0.5) is 5.69 Å². The predicted molar refractivity (Wildman–Crippen MR) is 119 cm³/mol. The van der Waals surface area contributed by atoms with Crippen molar-refractivity contribution >= 4 is 17.5 Å². The van der Waals surface area contributed by atoms with Crippen LogP contribution >= 0.6 is 0 Å². The number of nitrogens with one attached hydrogen (secondary N) is 1. The van der Waals surface area contributed by atoms with E-state index in [2.05, 4.69) is 12.2 Å². The van der Waals surface area contributed by atoms with Gasteiger partial charge >= 0.3 is 0 Å². The largest absolute Gasteiger partial charge is 0.497 e. The summed E-state index contributed by atoms with van der Waals surface area (Å²) in [6.07, 6.45) is 2.03. The number of methoxy groups -OCH3 is 3. The van der Waals surface area contributed by atoms with E-state index in [9.17, 15) is 9.59 Å². The van der Waals surface area contributed by atoms with E-state index in [4.69, 9.17) is 14.2 Å². The normalized spacial score (nSPS) is 18.1. The van der Waals surface area contributed by atoms with Crippen LogP contribution in [0.5, 0.6) is 17.2 Å². The van der Waals surface area contributed by atoms with E-state index >= 15 is 0 Å².